The SMILES string of the molecule is COc1c(Cl)cc2c(c1CC(C)N)OCCCO2. The lowest BCUT2D eigenvalue weighted by Gasteiger charge is -2.18. The molecule has 0 aliphatic carbocycles. The van der Waals surface area contributed by atoms with Gasteiger partial charge in [-0.15, -0.1) is 0 Å². The first-order valence-corrected chi connectivity index (χ1v) is 6.41. The fourth-order valence-electron chi connectivity index (χ4n) is 2.05. The number of methoxy groups -OCH3 is 1. The molecule has 0 bridgehead atoms. The highest BCUT2D eigenvalue weighted by molar-refractivity contribution is 6.32. The smallest absolute Gasteiger partial charge is 0.168 e. The van der Waals surface area contributed by atoms with Gasteiger partial charge in [0, 0.05) is 24.1 Å². The molecule has 100 valence electrons. The average Bonchev–Trinajstić information content (AvgIpc) is 2.53. The minimum absolute atomic E-state index is 0.00619. The minimum Gasteiger partial charge on any atom is -0.495 e. The van der Waals surface area contributed by atoms with Crippen LogP contribution in [0.1, 0.15) is 18.9 Å². The molecule has 2 rings (SSSR count). The van der Waals surface area contributed by atoms with E-state index in [0.29, 0.717) is 41.9 Å². The zero-order chi connectivity index (χ0) is 13.1. The van der Waals surface area contributed by atoms with E-state index in [1.165, 1.54) is 0 Å². The number of fused-ring (bicyclic) bond motifs is 1. The third-order valence-corrected chi connectivity index (χ3v) is 3.05. The van der Waals surface area contributed by atoms with Crippen molar-refractivity contribution in [3.05, 3.63) is 16.7 Å². The predicted molar refractivity (Wildman–Crippen MR) is 71.0 cm³/mol. The van der Waals surface area contributed by atoms with E-state index >= 15 is 0 Å². The summed E-state index contributed by atoms with van der Waals surface area (Å²) in [5.74, 6) is 2.01. The maximum Gasteiger partial charge on any atom is 0.168 e. The summed E-state index contributed by atoms with van der Waals surface area (Å²) in [6.07, 6.45) is 1.49. The van der Waals surface area contributed by atoms with Crippen LogP contribution in [0, 0.1) is 0 Å². The topological polar surface area (TPSA) is 53.7 Å². The van der Waals surface area contributed by atoms with Crippen LogP contribution in [-0.2, 0) is 6.42 Å². The first-order chi connectivity index (χ1) is 8.63. The zero-order valence-electron chi connectivity index (χ0n) is 10.7. The van der Waals surface area contributed by atoms with E-state index in [-0.39, 0.29) is 6.04 Å². The molecule has 0 fully saturated rings. The highest BCUT2D eigenvalue weighted by atomic mass is 35.5. The molecule has 1 unspecified atom stereocenters. The van der Waals surface area contributed by atoms with Crippen LogP contribution in [0.4, 0.5) is 0 Å². The van der Waals surface area contributed by atoms with E-state index in [0.717, 1.165) is 12.0 Å². The van der Waals surface area contributed by atoms with Gasteiger partial charge in [-0.05, 0) is 13.3 Å². The van der Waals surface area contributed by atoms with Gasteiger partial charge in [-0.1, -0.05) is 11.6 Å². The fraction of sp³-hybridized carbons (Fsp3) is 0.538. The Kier molecular flexibility index (Phi) is 4.19. The molecule has 2 N–H and O–H groups in total. The van der Waals surface area contributed by atoms with Gasteiger partial charge in [0.25, 0.3) is 0 Å². The van der Waals surface area contributed by atoms with E-state index in [2.05, 4.69) is 0 Å². The number of nitrogens with two attached hydrogens (primary N) is 1. The van der Waals surface area contributed by atoms with Crippen LogP contribution < -0.4 is 19.9 Å². The molecule has 4 nitrogen and oxygen atoms in total. The van der Waals surface area contributed by atoms with E-state index < -0.39 is 0 Å². The number of hydrogen-bond donors (Lipinski definition) is 1. The van der Waals surface area contributed by atoms with Crippen molar-refractivity contribution in [2.45, 2.75) is 25.8 Å². The summed E-state index contributed by atoms with van der Waals surface area (Å²) in [5, 5.41) is 0.525. The van der Waals surface area contributed by atoms with Gasteiger partial charge in [-0.3, -0.25) is 0 Å². The van der Waals surface area contributed by atoms with Crippen molar-refractivity contribution in [2.75, 3.05) is 20.3 Å². The first-order valence-electron chi connectivity index (χ1n) is 6.04. The van der Waals surface area contributed by atoms with Crippen LogP contribution in [0.15, 0.2) is 6.07 Å². The van der Waals surface area contributed by atoms with Crippen molar-refractivity contribution in [1.29, 1.82) is 0 Å². The molecule has 0 saturated heterocycles. The van der Waals surface area contributed by atoms with Crippen molar-refractivity contribution in [3.63, 3.8) is 0 Å². The fourth-order valence-corrected chi connectivity index (χ4v) is 2.34. The predicted octanol–water partition coefficient (Wildman–Crippen LogP) is 2.40. The lowest BCUT2D eigenvalue weighted by Crippen LogP contribution is -2.19. The largest absolute Gasteiger partial charge is 0.495 e. The van der Waals surface area contributed by atoms with Gasteiger partial charge in [0.05, 0.1) is 25.3 Å². The number of halogens is 1. The lowest BCUT2D eigenvalue weighted by atomic mass is 10.0. The molecule has 18 heavy (non-hydrogen) atoms. The van der Waals surface area contributed by atoms with Gasteiger partial charge >= 0.3 is 0 Å². The Hall–Kier alpha value is -1.13. The molecule has 0 saturated carbocycles. The molecule has 1 atom stereocenters. The van der Waals surface area contributed by atoms with Crippen LogP contribution in [0.3, 0.4) is 0 Å². The monoisotopic (exact) mass is 271 g/mol. The number of benzene rings is 1. The second kappa shape index (κ2) is 5.67. The molecule has 1 aromatic carbocycles. The highest BCUT2D eigenvalue weighted by Gasteiger charge is 2.22. The molecule has 1 heterocycles. The third kappa shape index (κ3) is 2.65. The van der Waals surface area contributed by atoms with Crippen LogP contribution in [0.2, 0.25) is 5.02 Å². The first kappa shape index (κ1) is 13.3. The Bertz CT molecular complexity index is 435. The molecule has 0 amide bonds. The maximum absolute atomic E-state index is 6.20. The molecular weight excluding hydrogens is 254 g/mol. The second-order valence-corrected chi connectivity index (χ2v) is 4.84. The molecule has 0 radical (unpaired) electrons. The van der Waals surface area contributed by atoms with Crippen molar-refractivity contribution in [3.8, 4) is 17.2 Å². The van der Waals surface area contributed by atoms with E-state index in [9.17, 15) is 0 Å². The summed E-state index contributed by atoms with van der Waals surface area (Å²) >= 11 is 6.20. The Morgan fingerprint density at radius 3 is 2.83 bits per heavy atom. The number of rotatable bonds is 3. The molecule has 5 heteroatoms. The van der Waals surface area contributed by atoms with E-state index in [1.807, 2.05) is 6.92 Å². The maximum atomic E-state index is 6.20. The standard InChI is InChI=1S/C13H18ClNO3/c1-8(15)6-9-12(16-2)10(14)7-11-13(9)18-5-3-4-17-11/h7-8H,3-6,15H2,1-2H3. The van der Waals surface area contributed by atoms with Crippen molar-refractivity contribution >= 4 is 11.6 Å². The molecule has 1 aliphatic heterocycles. The quantitative estimate of drug-likeness (QED) is 0.917. The van der Waals surface area contributed by atoms with Gasteiger partial charge in [0.1, 0.15) is 5.75 Å². The van der Waals surface area contributed by atoms with E-state index in [1.54, 1.807) is 13.2 Å². The van der Waals surface area contributed by atoms with E-state index in [4.69, 9.17) is 31.5 Å². The Morgan fingerprint density at radius 1 is 1.44 bits per heavy atom. The summed E-state index contributed by atoms with van der Waals surface area (Å²) in [6, 6.07) is 1.74. The molecule has 1 aliphatic rings. The van der Waals surface area contributed by atoms with Crippen LogP contribution >= 0.6 is 11.6 Å². The van der Waals surface area contributed by atoms with Crippen LogP contribution in [-0.4, -0.2) is 26.4 Å². The lowest BCUT2D eigenvalue weighted by molar-refractivity contribution is 0.295. The van der Waals surface area contributed by atoms with Gasteiger partial charge in [-0.25, -0.2) is 0 Å². The van der Waals surface area contributed by atoms with Gasteiger partial charge in [-0.2, -0.15) is 0 Å². The summed E-state index contributed by atoms with van der Waals surface area (Å²) in [5.41, 5.74) is 6.76. The zero-order valence-corrected chi connectivity index (χ0v) is 11.4. The van der Waals surface area contributed by atoms with Gasteiger partial charge < -0.3 is 19.9 Å². The second-order valence-electron chi connectivity index (χ2n) is 4.43. The molecular formula is C13H18ClNO3. The van der Waals surface area contributed by atoms with Crippen molar-refractivity contribution in [2.24, 2.45) is 5.73 Å². The minimum atomic E-state index is -0.00619. The molecule has 0 spiro atoms. The summed E-state index contributed by atoms with van der Waals surface area (Å²) < 4.78 is 16.8. The van der Waals surface area contributed by atoms with Crippen molar-refractivity contribution < 1.29 is 14.2 Å². The highest BCUT2D eigenvalue weighted by Crippen LogP contribution is 2.44. The summed E-state index contributed by atoms with van der Waals surface area (Å²) in [4.78, 5) is 0. The van der Waals surface area contributed by atoms with Crippen LogP contribution in [0.25, 0.3) is 0 Å². The third-order valence-electron chi connectivity index (χ3n) is 2.77. The summed E-state index contributed by atoms with van der Waals surface area (Å²) in [7, 11) is 1.59. The van der Waals surface area contributed by atoms with Crippen molar-refractivity contribution in [1.82, 2.24) is 0 Å². The Balaban J connectivity index is 2.53. The Labute approximate surface area is 112 Å². The Morgan fingerprint density at radius 2 is 2.17 bits per heavy atom. The van der Waals surface area contributed by atoms with Crippen LogP contribution in [0.5, 0.6) is 17.2 Å². The average molecular weight is 272 g/mol. The number of ether oxygens (including phenoxy) is 3. The van der Waals surface area contributed by atoms with Gasteiger partial charge in [0.15, 0.2) is 11.5 Å². The molecule has 1 aromatic rings. The summed E-state index contributed by atoms with van der Waals surface area (Å²) in [6.45, 7) is 3.20. The normalized spacial score (nSPS) is 16.0. The van der Waals surface area contributed by atoms with Gasteiger partial charge in [0.2, 0.25) is 0 Å². The number of hydrogen-bond acceptors (Lipinski definition) is 4. The molecule has 0 aromatic heterocycles.